The highest BCUT2D eigenvalue weighted by Gasteiger charge is 2.02. The number of nitrogens with zero attached hydrogens (tertiary/aromatic N) is 2. The molecule has 0 saturated heterocycles. The van der Waals surface area contributed by atoms with Crippen LogP contribution >= 0.6 is 11.8 Å². The standard InChI is InChI=1S/C16H15N3OS/c1-20-15-5-3-2-4-14(15)19-16(18)21-11-13-8-6-12(10-17)7-9-13/h2-9H,11H2,1H3,(H2,18,19). The maximum Gasteiger partial charge on any atom is 0.159 e. The first-order chi connectivity index (χ1) is 10.2. The molecule has 0 saturated carbocycles. The van der Waals surface area contributed by atoms with Crippen LogP contribution in [0.25, 0.3) is 0 Å². The van der Waals surface area contributed by atoms with Gasteiger partial charge < -0.3 is 10.5 Å². The van der Waals surface area contributed by atoms with Gasteiger partial charge in [0.1, 0.15) is 11.4 Å². The van der Waals surface area contributed by atoms with Gasteiger partial charge in [-0.25, -0.2) is 4.99 Å². The number of hydrogen-bond acceptors (Lipinski definition) is 4. The van der Waals surface area contributed by atoms with Crippen molar-refractivity contribution in [2.75, 3.05) is 7.11 Å². The molecule has 0 unspecified atom stereocenters. The average molecular weight is 297 g/mol. The first-order valence-electron chi connectivity index (χ1n) is 6.32. The minimum atomic E-state index is 0.476. The molecule has 2 N–H and O–H groups in total. The van der Waals surface area contributed by atoms with Crippen molar-refractivity contribution in [2.24, 2.45) is 10.7 Å². The fourth-order valence-electron chi connectivity index (χ4n) is 1.71. The zero-order valence-corrected chi connectivity index (χ0v) is 12.4. The molecule has 2 aromatic carbocycles. The molecule has 21 heavy (non-hydrogen) atoms. The van der Waals surface area contributed by atoms with E-state index in [1.54, 1.807) is 19.2 Å². The predicted molar refractivity (Wildman–Crippen MR) is 86.7 cm³/mol. The van der Waals surface area contributed by atoms with Crippen LogP contribution in [0.15, 0.2) is 53.5 Å². The number of rotatable bonds is 4. The van der Waals surface area contributed by atoms with Crippen molar-refractivity contribution < 1.29 is 4.74 Å². The molecule has 0 atom stereocenters. The Hall–Kier alpha value is -2.45. The molecule has 0 aromatic heterocycles. The summed E-state index contributed by atoms with van der Waals surface area (Å²) >= 11 is 1.45. The minimum Gasteiger partial charge on any atom is -0.494 e. The third-order valence-corrected chi connectivity index (χ3v) is 3.65. The van der Waals surface area contributed by atoms with Gasteiger partial charge in [0.25, 0.3) is 0 Å². The topological polar surface area (TPSA) is 71.4 Å². The highest BCUT2D eigenvalue weighted by atomic mass is 32.2. The van der Waals surface area contributed by atoms with Gasteiger partial charge in [-0.05, 0) is 29.8 Å². The van der Waals surface area contributed by atoms with Crippen LogP contribution in [0.1, 0.15) is 11.1 Å². The first kappa shape index (κ1) is 14.9. The summed E-state index contributed by atoms with van der Waals surface area (Å²) in [4.78, 5) is 4.36. The summed E-state index contributed by atoms with van der Waals surface area (Å²) < 4.78 is 5.23. The summed E-state index contributed by atoms with van der Waals surface area (Å²) in [6.07, 6.45) is 0. The number of amidine groups is 1. The Labute approximate surface area is 128 Å². The third kappa shape index (κ3) is 4.26. The van der Waals surface area contributed by atoms with Crippen LogP contribution in [0.3, 0.4) is 0 Å². The lowest BCUT2D eigenvalue weighted by Gasteiger charge is -2.05. The number of benzene rings is 2. The molecule has 2 aromatic rings. The number of methoxy groups -OCH3 is 1. The molecule has 5 heteroatoms. The van der Waals surface area contributed by atoms with Crippen molar-refractivity contribution in [1.82, 2.24) is 0 Å². The molecular weight excluding hydrogens is 282 g/mol. The zero-order chi connectivity index (χ0) is 15.1. The van der Waals surface area contributed by atoms with Gasteiger partial charge in [-0.1, -0.05) is 36.0 Å². The molecule has 4 nitrogen and oxygen atoms in total. The Bertz CT molecular complexity index is 675. The fraction of sp³-hybridized carbons (Fsp3) is 0.125. The number of aliphatic imine (C=N–C) groups is 1. The third-order valence-electron chi connectivity index (χ3n) is 2.79. The normalized spacial score (nSPS) is 11.0. The molecule has 106 valence electrons. The van der Waals surface area contributed by atoms with Crippen molar-refractivity contribution >= 4 is 22.6 Å². The number of nitrogens with two attached hydrogens (primary N) is 1. The predicted octanol–water partition coefficient (Wildman–Crippen LogP) is 3.45. The highest BCUT2D eigenvalue weighted by molar-refractivity contribution is 8.13. The molecular formula is C16H15N3OS. The molecule has 0 heterocycles. The Morgan fingerprint density at radius 3 is 2.62 bits per heavy atom. The van der Waals surface area contributed by atoms with E-state index in [2.05, 4.69) is 11.1 Å². The first-order valence-corrected chi connectivity index (χ1v) is 7.30. The molecule has 0 aliphatic rings. The van der Waals surface area contributed by atoms with Crippen LogP contribution in [-0.2, 0) is 5.75 Å². The number of ether oxygens (including phenoxy) is 1. The summed E-state index contributed by atoms with van der Waals surface area (Å²) in [5, 5.41) is 9.23. The SMILES string of the molecule is COc1ccccc1N=C(N)SCc1ccc(C#N)cc1. The Morgan fingerprint density at radius 1 is 1.24 bits per heavy atom. The lowest BCUT2D eigenvalue weighted by molar-refractivity contribution is 0.416. The molecule has 0 amide bonds. The van der Waals surface area contributed by atoms with Crippen LogP contribution in [0.2, 0.25) is 0 Å². The minimum absolute atomic E-state index is 0.476. The Morgan fingerprint density at radius 2 is 1.95 bits per heavy atom. The van der Waals surface area contributed by atoms with Gasteiger partial charge >= 0.3 is 0 Å². The number of hydrogen-bond donors (Lipinski definition) is 1. The smallest absolute Gasteiger partial charge is 0.159 e. The van der Waals surface area contributed by atoms with E-state index in [4.69, 9.17) is 15.7 Å². The molecule has 0 radical (unpaired) electrons. The summed E-state index contributed by atoms with van der Waals surface area (Å²) in [5.41, 5.74) is 8.40. The fourth-order valence-corrected chi connectivity index (χ4v) is 2.38. The quantitative estimate of drug-likeness (QED) is 0.693. The summed E-state index contributed by atoms with van der Waals surface area (Å²) in [6.45, 7) is 0. The second kappa shape index (κ2) is 7.36. The molecule has 2 rings (SSSR count). The molecule has 0 aliphatic carbocycles. The van der Waals surface area contributed by atoms with Crippen molar-refractivity contribution in [2.45, 2.75) is 5.75 Å². The monoisotopic (exact) mass is 297 g/mol. The van der Waals surface area contributed by atoms with Gasteiger partial charge in [0, 0.05) is 5.75 Å². The second-order valence-corrected chi connectivity index (χ2v) is 5.21. The van der Waals surface area contributed by atoms with Crippen LogP contribution in [0.5, 0.6) is 5.75 Å². The van der Waals surface area contributed by atoms with Gasteiger partial charge in [-0.2, -0.15) is 5.26 Å². The van der Waals surface area contributed by atoms with E-state index in [9.17, 15) is 0 Å². The summed E-state index contributed by atoms with van der Waals surface area (Å²) in [7, 11) is 1.61. The van der Waals surface area contributed by atoms with Gasteiger partial charge in [-0.15, -0.1) is 0 Å². The maximum atomic E-state index is 8.75. The van der Waals surface area contributed by atoms with E-state index in [1.165, 1.54) is 11.8 Å². The van der Waals surface area contributed by atoms with E-state index < -0.39 is 0 Å². The average Bonchev–Trinajstić information content (AvgIpc) is 2.54. The van der Waals surface area contributed by atoms with E-state index in [-0.39, 0.29) is 0 Å². The van der Waals surface area contributed by atoms with Crippen LogP contribution in [-0.4, -0.2) is 12.3 Å². The number of nitriles is 1. The van der Waals surface area contributed by atoms with Crippen molar-refractivity contribution in [1.29, 1.82) is 5.26 Å². The Balaban J connectivity index is 2.02. The summed E-state index contributed by atoms with van der Waals surface area (Å²) in [5.74, 6) is 1.40. The lowest BCUT2D eigenvalue weighted by Crippen LogP contribution is -2.06. The van der Waals surface area contributed by atoms with Crippen LogP contribution in [0, 0.1) is 11.3 Å². The number of para-hydroxylation sites is 2. The largest absolute Gasteiger partial charge is 0.494 e. The van der Waals surface area contributed by atoms with Gasteiger partial charge in [0.15, 0.2) is 5.17 Å². The number of thioether (sulfide) groups is 1. The van der Waals surface area contributed by atoms with Gasteiger partial charge in [0.2, 0.25) is 0 Å². The van der Waals surface area contributed by atoms with Crippen molar-refractivity contribution in [3.8, 4) is 11.8 Å². The van der Waals surface area contributed by atoms with Crippen LogP contribution < -0.4 is 10.5 Å². The second-order valence-electron chi connectivity index (χ2n) is 4.22. The van der Waals surface area contributed by atoms with E-state index >= 15 is 0 Å². The molecule has 0 bridgehead atoms. The molecule has 0 fully saturated rings. The van der Waals surface area contributed by atoms with Crippen LogP contribution in [0.4, 0.5) is 5.69 Å². The van der Waals surface area contributed by atoms with Crippen molar-refractivity contribution in [3.63, 3.8) is 0 Å². The van der Waals surface area contributed by atoms with E-state index in [1.807, 2.05) is 36.4 Å². The lowest BCUT2D eigenvalue weighted by atomic mass is 10.2. The Kier molecular flexibility index (Phi) is 5.24. The molecule has 0 aliphatic heterocycles. The zero-order valence-electron chi connectivity index (χ0n) is 11.6. The summed E-state index contributed by atoms with van der Waals surface area (Å²) in [6, 6.07) is 17.0. The van der Waals surface area contributed by atoms with Gasteiger partial charge in [-0.3, -0.25) is 0 Å². The van der Waals surface area contributed by atoms with Gasteiger partial charge in [0.05, 0.1) is 18.7 Å². The highest BCUT2D eigenvalue weighted by Crippen LogP contribution is 2.27. The maximum absolute atomic E-state index is 8.75. The van der Waals surface area contributed by atoms with E-state index in [0.717, 1.165) is 5.56 Å². The van der Waals surface area contributed by atoms with Crippen molar-refractivity contribution in [3.05, 3.63) is 59.7 Å². The van der Waals surface area contributed by atoms with E-state index in [0.29, 0.717) is 27.9 Å². The molecule has 0 spiro atoms.